The Morgan fingerprint density at radius 3 is 2.10 bits per heavy atom. The molecule has 0 bridgehead atoms. The Labute approximate surface area is 227 Å². The average molecular weight is 531 g/mol. The van der Waals surface area contributed by atoms with E-state index < -0.39 is 42.5 Å². The summed E-state index contributed by atoms with van der Waals surface area (Å²) in [7, 11) is 0. The van der Waals surface area contributed by atoms with Crippen LogP contribution in [0, 0.1) is 0 Å². The van der Waals surface area contributed by atoms with E-state index in [1.54, 1.807) is 48.5 Å². The van der Waals surface area contributed by atoms with Crippen LogP contribution in [0.1, 0.15) is 39.1 Å². The molecule has 1 unspecified atom stereocenters. The second-order valence-electron chi connectivity index (χ2n) is 9.15. The number of benzene rings is 3. The standard InChI is InChI=1S/C31H30O8/c1-2-3-13-20-35-31(24-18-11-6-12-19-24)38-27-26(37-29(33)23-16-9-5-10-17-23)25(36-30(27)39-31)21-34-28(32)22-14-7-4-8-15-22/h2,4-12,14-19,25-27,30H,1,3,13,20-21H2/t25-,26-,27-,30-,31?/m1/s1. The summed E-state index contributed by atoms with van der Waals surface area (Å²) in [6.45, 7) is 3.92. The maximum atomic E-state index is 13.0. The molecular weight excluding hydrogens is 500 g/mol. The topological polar surface area (TPSA) is 89.5 Å². The quantitative estimate of drug-likeness (QED) is 0.194. The van der Waals surface area contributed by atoms with Gasteiger partial charge in [-0.1, -0.05) is 72.8 Å². The number of carbonyl (C=O) groups excluding carboxylic acids is 2. The van der Waals surface area contributed by atoms with Crippen LogP contribution in [-0.4, -0.2) is 49.8 Å². The van der Waals surface area contributed by atoms with E-state index in [0.29, 0.717) is 29.7 Å². The zero-order chi connectivity index (χ0) is 27.1. The van der Waals surface area contributed by atoms with Gasteiger partial charge in [-0.3, -0.25) is 4.74 Å². The third kappa shape index (κ3) is 6.10. The van der Waals surface area contributed by atoms with Gasteiger partial charge in [-0.2, -0.15) is 0 Å². The summed E-state index contributed by atoms with van der Waals surface area (Å²) in [5.74, 6) is -2.63. The highest BCUT2D eigenvalue weighted by atomic mass is 16.9. The van der Waals surface area contributed by atoms with E-state index in [4.69, 9.17) is 28.4 Å². The first-order chi connectivity index (χ1) is 19.1. The van der Waals surface area contributed by atoms with Crippen LogP contribution in [0.15, 0.2) is 104 Å². The van der Waals surface area contributed by atoms with Crippen LogP contribution in [-0.2, 0) is 34.4 Å². The van der Waals surface area contributed by atoms with Crippen molar-refractivity contribution in [1.82, 2.24) is 0 Å². The Morgan fingerprint density at radius 1 is 0.846 bits per heavy atom. The first-order valence-electron chi connectivity index (χ1n) is 12.9. The van der Waals surface area contributed by atoms with Crippen molar-refractivity contribution in [3.05, 3.63) is 120 Å². The predicted octanol–water partition coefficient (Wildman–Crippen LogP) is 5.00. The van der Waals surface area contributed by atoms with E-state index in [1.807, 2.05) is 48.5 Å². The highest BCUT2D eigenvalue weighted by Gasteiger charge is 2.61. The summed E-state index contributed by atoms with van der Waals surface area (Å²) < 4.78 is 36.3. The maximum absolute atomic E-state index is 13.0. The summed E-state index contributed by atoms with van der Waals surface area (Å²) in [4.78, 5) is 25.6. The fourth-order valence-electron chi connectivity index (χ4n) is 4.49. The molecule has 3 aromatic carbocycles. The highest BCUT2D eigenvalue weighted by molar-refractivity contribution is 5.90. The molecule has 0 N–H and O–H groups in total. The summed E-state index contributed by atoms with van der Waals surface area (Å²) >= 11 is 0. The molecule has 202 valence electrons. The average Bonchev–Trinajstić information content (AvgIpc) is 3.50. The molecule has 0 spiro atoms. The Bertz CT molecular complexity index is 1250. The predicted molar refractivity (Wildman–Crippen MR) is 140 cm³/mol. The summed E-state index contributed by atoms with van der Waals surface area (Å²) in [6, 6.07) is 26.5. The minimum Gasteiger partial charge on any atom is -0.459 e. The number of allylic oxidation sites excluding steroid dienone is 1. The lowest BCUT2D eigenvalue weighted by Gasteiger charge is -2.31. The second-order valence-corrected chi connectivity index (χ2v) is 9.15. The number of ether oxygens (including phenoxy) is 6. The largest absolute Gasteiger partial charge is 0.459 e. The molecule has 5 rings (SSSR count). The monoisotopic (exact) mass is 530 g/mol. The van der Waals surface area contributed by atoms with Gasteiger partial charge in [0.15, 0.2) is 18.5 Å². The third-order valence-corrected chi connectivity index (χ3v) is 6.44. The molecule has 2 aliphatic heterocycles. The lowest BCUT2D eigenvalue weighted by molar-refractivity contribution is -0.376. The van der Waals surface area contributed by atoms with Crippen molar-refractivity contribution < 1.29 is 38.0 Å². The molecule has 0 aliphatic carbocycles. The zero-order valence-electron chi connectivity index (χ0n) is 21.3. The Hall–Kier alpha value is -3.82. The van der Waals surface area contributed by atoms with Crippen LogP contribution in [0.25, 0.3) is 0 Å². The molecule has 2 fully saturated rings. The molecular formula is C31H30O8. The van der Waals surface area contributed by atoms with Crippen LogP contribution in [0.4, 0.5) is 0 Å². The second kappa shape index (κ2) is 12.4. The van der Waals surface area contributed by atoms with Crippen molar-refractivity contribution in [2.45, 2.75) is 43.4 Å². The Morgan fingerprint density at radius 2 is 1.46 bits per heavy atom. The van der Waals surface area contributed by atoms with Gasteiger partial charge >= 0.3 is 17.9 Å². The van der Waals surface area contributed by atoms with Crippen molar-refractivity contribution >= 4 is 11.9 Å². The number of unbranched alkanes of at least 4 members (excludes halogenated alkanes) is 1. The lowest BCUT2D eigenvalue weighted by atomic mass is 10.1. The molecule has 0 saturated carbocycles. The first-order valence-corrected chi connectivity index (χ1v) is 12.9. The number of hydrogen-bond donors (Lipinski definition) is 0. The van der Waals surface area contributed by atoms with Gasteiger partial charge in [0.25, 0.3) is 0 Å². The van der Waals surface area contributed by atoms with E-state index in [2.05, 4.69) is 6.58 Å². The van der Waals surface area contributed by atoms with Gasteiger partial charge in [-0.05, 0) is 37.1 Å². The number of fused-ring (bicyclic) bond motifs is 1. The van der Waals surface area contributed by atoms with E-state index in [0.717, 1.165) is 6.42 Å². The SMILES string of the molecule is C=CCCCOC1(c2ccccc2)O[C@H]2O[C@H](COC(=O)c3ccccc3)[C@@H](OC(=O)c3ccccc3)[C@H]2O1. The molecule has 2 aliphatic rings. The molecule has 0 radical (unpaired) electrons. The number of esters is 2. The van der Waals surface area contributed by atoms with Gasteiger partial charge in [0, 0.05) is 5.56 Å². The van der Waals surface area contributed by atoms with Gasteiger partial charge in [-0.25, -0.2) is 9.59 Å². The van der Waals surface area contributed by atoms with Gasteiger partial charge in [-0.15, -0.1) is 6.58 Å². The van der Waals surface area contributed by atoms with Crippen molar-refractivity contribution in [2.75, 3.05) is 13.2 Å². The van der Waals surface area contributed by atoms with Gasteiger partial charge < -0.3 is 23.7 Å². The fraction of sp³-hybridized carbons (Fsp3) is 0.290. The van der Waals surface area contributed by atoms with Crippen LogP contribution in [0.3, 0.4) is 0 Å². The van der Waals surface area contributed by atoms with E-state index >= 15 is 0 Å². The zero-order valence-corrected chi connectivity index (χ0v) is 21.3. The van der Waals surface area contributed by atoms with Crippen molar-refractivity contribution in [3.8, 4) is 0 Å². The third-order valence-electron chi connectivity index (χ3n) is 6.44. The van der Waals surface area contributed by atoms with Gasteiger partial charge in [0.05, 0.1) is 17.7 Å². The molecule has 2 heterocycles. The fourth-order valence-corrected chi connectivity index (χ4v) is 4.49. The van der Waals surface area contributed by atoms with E-state index in [1.165, 1.54) is 0 Å². The summed E-state index contributed by atoms with van der Waals surface area (Å²) in [6.07, 6.45) is -0.237. The minimum absolute atomic E-state index is 0.168. The number of carbonyl (C=O) groups is 2. The molecule has 5 atom stereocenters. The smallest absolute Gasteiger partial charge is 0.338 e. The number of hydrogen-bond acceptors (Lipinski definition) is 8. The summed E-state index contributed by atoms with van der Waals surface area (Å²) in [5, 5.41) is 0. The van der Waals surface area contributed by atoms with Gasteiger partial charge in [0.2, 0.25) is 0 Å². The van der Waals surface area contributed by atoms with Crippen LogP contribution < -0.4 is 0 Å². The normalized spacial score (nSPS) is 25.5. The van der Waals surface area contributed by atoms with Crippen LogP contribution in [0.2, 0.25) is 0 Å². The van der Waals surface area contributed by atoms with Crippen molar-refractivity contribution in [3.63, 3.8) is 0 Å². The molecule has 8 nitrogen and oxygen atoms in total. The molecule has 39 heavy (non-hydrogen) atoms. The van der Waals surface area contributed by atoms with Crippen molar-refractivity contribution in [1.29, 1.82) is 0 Å². The summed E-state index contributed by atoms with van der Waals surface area (Å²) in [5.41, 5.74) is 1.41. The Balaban J connectivity index is 1.36. The molecule has 2 saturated heterocycles. The molecule has 0 amide bonds. The molecule has 3 aromatic rings. The first kappa shape index (κ1) is 26.8. The van der Waals surface area contributed by atoms with Gasteiger partial charge in [0.1, 0.15) is 12.7 Å². The van der Waals surface area contributed by atoms with Crippen molar-refractivity contribution in [2.24, 2.45) is 0 Å². The minimum atomic E-state index is -1.55. The number of rotatable bonds is 11. The Kier molecular flexibility index (Phi) is 8.48. The maximum Gasteiger partial charge on any atom is 0.338 e. The lowest BCUT2D eigenvalue weighted by Crippen LogP contribution is -2.42. The van der Waals surface area contributed by atoms with E-state index in [9.17, 15) is 9.59 Å². The molecule has 8 heteroatoms. The van der Waals surface area contributed by atoms with Crippen LogP contribution in [0.5, 0.6) is 0 Å². The van der Waals surface area contributed by atoms with E-state index in [-0.39, 0.29) is 6.61 Å². The molecule has 0 aromatic heterocycles. The highest BCUT2D eigenvalue weighted by Crippen LogP contribution is 2.45. The van der Waals surface area contributed by atoms with Crippen LogP contribution >= 0.6 is 0 Å².